The van der Waals surface area contributed by atoms with E-state index in [1.807, 2.05) is 6.20 Å². The van der Waals surface area contributed by atoms with Gasteiger partial charge in [0.15, 0.2) is 0 Å². The standard InChI is InChI=1S/C14H15FN4S/c15-12-7-10(14(16)20)1-2-11(12)8-18-5-6-19-4-3-17-13(19)9-18/h1-4,7H,5-6,8-9H2,(H2,16,20). The maximum atomic E-state index is 14.0. The van der Waals surface area contributed by atoms with Gasteiger partial charge in [-0.1, -0.05) is 24.4 Å². The monoisotopic (exact) mass is 290 g/mol. The van der Waals surface area contributed by atoms with Gasteiger partial charge in [-0.05, 0) is 6.07 Å². The molecule has 1 aliphatic rings. The molecule has 0 saturated carbocycles. The molecule has 0 fully saturated rings. The van der Waals surface area contributed by atoms with E-state index in [1.54, 1.807) is 18.3 Å². The zero-order valence-corrected chi connectivity index (χ0v) is 11.7. The predicted octanol–water partition coefficient (Wildman–Crippen LogP) is 1.67. The number of nitrogens with zero attached hydrogens (tertiary/aromatic N) is 3. The molecule has 2 heterocycles. The predicted molar refractivity (Wildman–Crippen MR) is 78.6 cm³/mol. The first-order chi connectivity index (χ1) is 9.63. The number of imidazole rings is 1. The smallest absolute Gasteiger partial charge is 0.128 e. The first kappa shape index (κ1) is 13.2. The summed E-state index contributed by atoms with van der Waals surface area (Å²) in [5.74, 6) is 0.764. The van der Waals surface area contributed by atoms with Crippen LogP contribution in [-0.2, 0) is 19.6 Å². The highest BCUT2D eigenvalue weighted by Gasteiger charge is 2.18. The van der Waals surface area contributed by atoms with Crippen molar-refractivity contribution in [1.29, 1.82) is 0 Å². The Balaban J connectivity index is 1.74. The van der Waals surface area contributed by atoms with Gasteiger partial charge in [0, 0.05) is 43.2 Å². The van der Waals surface area contributed by atoms with Crippen molar-refractivity contribution in [3.8, 4) is 0 Å². The first-order valence-corrected chi connectivity index (χ1v) is 6.85. The molecule has 20 heavy (non-hydrogen) atoms. The Bertz CT molecular complexity index is 652. The minimum absolute atomic E-state index is 0.218. The molecule has 0 spiro atoms. The van der Waals surface area contributed by atoms with E-state index in [1.165, 1.54) is 6.07 Å². The van der Waals surface area contributed by atoms with Crippen molar-refractivity contribution in [1.82, 2.24) is 14.5 Å². The molecule has 0 bridgehead atoms. The van der Waals surface area contributed by atoms with Crippen LogP contribution in [0.15, 0.2) is 30.6 Å². The van der Waals surface area contributed by atoms with Crippen molar-refractivity contribution in [3.63, 3.8) is 0 Å². The molecule has 1 aromatic heterocycles. The van der Waals surface area contributed by atoms with E-state index in [2.05, 4.69) is 14.5 Å². The minimum Gasteiger partial charge on any atom is -0.389 e. The van der Waals surface area contributed by atoms with Crippen molar-refractivity contribution in [2.75, 3.05) is 6.54 Å². The largest absolute Gasteiger partial charge is 0.389 e. The molecular weight excluding hydrogens is 275 g/mol. The highest BCUT2D eigenvalue weighted by atomic mass is 32.1. The summed E-state index contributed by atoms with van der Waals surface area (Å²) in [4.78, 5) is 6.70. The number of nitrogens with two attached hydrogens (primary N) is 1. The third-order valence-electron chi connectivity index (χ3n) is 3.56. The molecule has 0 unspecified atom stereocenters. The molecule has 104 valence electrons. The van der Waals surface area contributed by atoms with Crippen LogP contribution in [0.1, 0.15) is 17.0 Å². The fraction of sp³-hybridized carbons (Fsp3) is 0.286. The van der Waals surface area contributed by atoms with Gasteiger partial charge in [0.1, 0.15) is 16.6 Å². The van der Waals surface area contributed by atoms with E-state index in [9.17, 15) is 4.39 Å². The Hall–Kier alpha value is -1.79. The second kappa shape index (κ2) is 5.30. The van der Waals surface area contributed by atoms with Crippen molar-refractivity contribution >= 4 is 17.2 Å². The van der Waals surface area contributed by atoms with Gasteiger partial charge in [-0.3, -0.25) is 4.90 Å². The molecule has 0 aliphatic carbocycles. The van der Waals surface area contributed by atoms with Crippen molar-refractivity contribution in [2.45, 2.75) is 19.6 Å². The Morgan fingerprint density at radius 2 is 2.25 bits per heavy atom. The van der Waals surface area contributed by atoms with Crippen LogP contribution >= 0.6 is 12.2 Å². The summed E-state index contributed by atoms with van der Waals surface area (Å²) in [7, 11) is 0. The molecule has 4 nitrogen and oxygen atoms in total. The van der Waals surface area contributed by atoms with Gasteiger partial charge < -0.3 is 10.3 Å². The summed E-state index contributed by atoms with van der Waals surface area (Å²) >= 11 is 4.85. The average Bonchev–Trinajstić information content (AvgIpc) is 2.88. The summed E-state index contributed by atoms with van der Waals surface area (Å²) in [5.41, 5.74) is 6.72. The Kier molecular flexibility index (Phi) is 3.50. The normalized spacial score (nSPS) is 15.1. The Morgan fingerprint density at radius 1 is 1.40 bits per heavy atom. The number of thiocarbonyl (C=S) groups is 1. The maximum Gasteiger partial charge on any atom is 0.128 e. The number of aromatic nitrogens is 2. The van der Waals surface area contributed by atoms with Gasteiger partial charge in [0.25, 0.3) is 0 Å². The van der Waals surface area contributed by atoms with Crippen LogP contribution in [0.5, 0.6) is 0 Å². The second-order valence-corrected chi connectivity index (χ2v) is 5.36. The fourth-order valence-corrected chi connectivity index (χ4v) is 2.56. The lowest BCUT2D eigenvalue weighted by Crippen LogP contribution is -2.33. The molecule has 1 aromatic carbocycles. The summed E-state index contributed by atoms with van der Waals surface area (Å²) < 4.78 is 16.2. The lowest BCUT2D eigenvalue weighted by Gasteiger charge is -2.27. The van der Waals surface area contributed by atoms with Crippen molar-refractivity contribution in [2.24, 2.45) is 5.73 Å². The van der Waals surface area contributed by atoms with E-state index < -0.39 is 0 Å². The van der Waals surface area contributed by atoms with Crippen LogP contribution < -0.4 is 5.73 Å². The third-order valence-corrected chi connectivity index (χ3v) is 3.79. The molecule has 0 saturated heterocycles. The number of hydrogen-bond acceptors (Lipinski definition) is 3. The highest BCUT2D eigenvalue weighted by molar-refractivity contribution is 7.80. The molecule has 0 radical (unpaired) electrons. The van der Waals surface area contributed by atoms with Crippen LogP contribution in [0.2, 0.25) is 0 Å². The second-order valence-electron chi connectivity index (χ2n) is 4.92. The summed E-state index contributed by atoms with van der Waals surface area (Å²) in [6.45, 7) is 3.08. The molecular formula is C14H15FN4S. The van der Waals surface area contributed by atoms with Gasteiger partial charge in [-0.15, -0.1) is 0 Å². The number of fused-ring (bicyclic) bond motifs is 1. The fourth-order valence-electron chi connectivity index (χ4n) is 2.43. The quantitative estimate of drug-likeness (QED) is 0.874. The third kappa shape index (κ3) is 2.57. The zero-order valence-electron chi connectivity index (χ0n) is 10.9. The summed E-state index contributed by atoms with van der Waals surface area (Å²) in [5, 5.41) is 0. The van der Waals surface area contributed by atoms with Crippen molar-refractivity contribution < 1.29 is 4.39 Å². The highest BCUT2D eigenvalue weighted by Crippen LogP contribution is 2.17. The van der Waals surface area contributed by atoms with E-state index in [0.29, 0.717) is 17.7 Å². The summed E-state index contributed by atoms with van der Waals surface area (Å²) in [6, 6.07) is 4.93. The zero-order chi connectivity index (χ0) is 14.1. The molecule has 3 rings (SSSR count). The van der Waals surface area contributed by atoms with Crippen LogP contribution in [0.4, 0.5) is 4.39 Å². The number of rotatable bonds is 3. The van der Waals surface area contributed by atoms with Crippen LogP contribution in [-0.4, -0.2) is 26.0 Å². The molecule has 0 amide bonds. The first-order valence-electron chi connectivity index (χ1n) is 6.44. The van der Waals surface area contributed by atoms with E-state index in [-0.39, 0.29) is 10.8 Å². The van der Waals surface area contributed by atoms with Gasteiger partial charge in [-0.25, -0.2) is 9.37 Å². The lowest BCUT2D eigenvalue weighted by molar-refractivity contribution is 0.206. The maximum absolute atomic E-state index is 14.0. The number of benzene rings is 1. The SMILES string of the molecule is NC(=S)c1ccc(CN2CCn3ccnc3C2)c(F)c1. The minimum atomic E-state index is -0.260. The van der Waals surface area contributed by atoms with E-state index in [4.69, 9.17) is 18.0 Å². The van der Waals surface area contributed by atoms with Gasteiger partial charge in [0.2, 0.25) is 0 Å². The van der Waals surface area contributed by atoms with Gasteiger partial charge >= 0.3 is 0 Å². The van der Waals surface area contributed by atoms with E-state index in [0.717, 1.165) is 25.5 Å². The molecule has 1 aliphatic heterocycles. The van der Waals surface area contributed by atoms with Crippen LogP contribution in [0, 0.1) is 5.82 Å². The number of halogens is 1. The van der Waals surface area contributed by atoms with Gasteiger partial charge in [0.05, 0.1) is 6.54 Å². The van der Waals surface area contributed by atoms with Crippen LogP contribution in [0.3, 0.4) is 0 Å². The van der Waals surface area contributed by atoms with Crippen molar-refractivity contribution in [3.05, 3.63) is 53.4 Å². The molecule has 6 heteroatoms. The topological polar surface area (TPSA) is 47.1 Å². The Labute approximate surface area is 122 Å². The number of hydrogen-bond donors (Lipinski definition) is 1. The Morgan fingerprint density at radius 3 is 3.00 bits per heavy atom. The molecule has 0 atom stereocenters. The lowest BCUT2D eigenvalue weighted by atomic mass is 10.1. The average molecular weight is 290 g/mol. The van der Waals surface area contributed by atoms with E-state index >= 15 is 0 Å². The summed E-state index contributed by atoms with van der Waals surface area (Å²) in [6.07, 6.45) is 3.78. The van der Waals surface area contributed by atoms with Crippen LogP contribution in [0.25, 0.3) is 0 Å². The van der Waals surface area contributed by atoms with Gasteiger partial charge in [-0.2, -0.15) is 0 Å². The molecule has 2 N–H and O–H groups in total. The molecule has 2 aromatic rings.